The molecule has 0 bridgehead atoms. The minimum absolute atomic E-state index is 0.201. The average molecular weight is 215 g/mol. The minimum Gasteiger partial charge on any atom is -0.342 e. The molecular formula is C11H25N3O. The molecule has 0 fully saturated rings. The van der Waals surface area contributed by atoms with Crippen LogP contribution in [0, 0.1) is 0 Å². The third kappa shape index (κ3) is 6.47. The number of carbonyl (C=O) groups excluding carboxylic acids is 1. The van der Waals surface area contributed by atoms with Crippen LogP contribution in [0.4, 0.5) is 0 Å². The van der Waals surface area contributed by atoms with E-state index >= 15 is 0 Å². The highest BCUT2D eigenvalue weighted by Gasteiger charge is 2.12. The monoisotopic (exact) mass is 215 g/mol. The number of amides is 1. The molecule has 0 aliphatic rings. The molecule has 0 radical (unpaired) electrons. The van der Waals surface area contributed by atoms with Crippen LogP contribution in [0.3, 0.4) is 0 Å². The standard InChI is InChI=1S/C11H25N3O/c1-5-14(6-2)11(15)9-13(4)8-7-10(3)12/h10H,5-9,12H2,1-4H3. The molecule has 0 aromatic carbocycles. The molecule has 0 heterocycles. The first kappa shape index (κ1) is 14.4. The molecule has 1 atom stereocenters. The van der Waals surface area contributed by atoms with Crippen molar-refractivity contribution >= 4 is 5.91 Å². The van der Waals surface area contributed by atoms with E-state index in [4.69, 9.17) is 5.73 Å². The molecule has 90 valence electrons. The van der Waals surface area contributed by atoms with E-state index in [1.165, 1.54) is 0 Å². The first-order chi connectivity index (χ1) is 7.01. The average Bonchev–Trinajstić information content (AvgIpc) is 2.16. The van der Waals surface area contributed by atoms with E-state index in [-0.39, 0.29) is 11.9 Å². The zero-order valence-electron chi connectivity index (χ0n) is 10.5. The van der Waals surface area contributed by atoms with Gasteiger partial charge < -0.3 is 10.6 Å². The Hall–Kier alpha value is -0.610. The normalized spacial score (nSPS) is 12.9. The van der Waals surface area contributed by atoms with E-state index < -0.39 is 0 Å². The van der Waals surface area contributed by atoms with E-state index in [1.807, 2.05) is 37.6 Å². The maximum Gasteiger partial charge on any atom is 0.236 e. The molecule has 0 saturated heterocycles. The molecular weight excluding hydrogens is 190 g/mol. The highest BCUT2D eigenvalue weighted by Crippen LogP contribution is 1.95. The maximum atomic E-state index is 11.7. The van der Waals surface area contributed by atoms with E-state index in [2.05, 4.69) is 0 Å². The summed E-state index contributed by atoms with van der Waals surface area (Å²) in [6.45, 7) is 8.94. The van der Waals surface area contributed by atoms with Crippen LogP contribution in [0.25, 0.3) is 0 Å². The summed E-state index contributed by atoms with van der Waals surface area (Å²) in [7, 11) is 1.96. The third-order valence-corrected chi connectivity index (χ3v) is 2.49. The largest absolute Gasteiger partial charge is 0.342 e. The topological polar surface area (TPSA) is 49.6 Å². The zero-order valence-corrected chi connectivity index (χ0v) is 10.5. The predicted molar refractivity (Wildman–Crippen MR) is 63.7 cm³/mol. The maximum absolute atomic E-state index is 11.7. The molecule has 0 aromatic rings. The number of likely N-dealkylation sites (N-methyl/N-ethyl adjacent to an activating group) is 2. The van der Waals surface area contributed by atoms with Gasteiger partial charge in [0.15, 0.2) is 0 Å². The van der Waals surface area contributed by atoms with E-state index in [0.29, 0.717) is 6.54 Å². The van der Waals surface area contributed by atoms with Crippen molar-refractivity contribution in [2.24, 2.45) is 5.73 Å². The van der Waals surface area contributed by atoms with Gasteiger partial charge in [0, 0.05) is 19.1 Å². The fourth-order valence-electron chi connectivity index (χ4n) is 1.41. The quantitative estimate of drug-likeness (QED) is 0.674. The van der Waals surface area contributed by atoms with Crippen molar-refractivity contribution in [3.05, 3.63) is 0 Å². The molecule has 0 spiro atoms. The van der Waals surface area contributed by atoms with Crippen molar-refractivity contribution in [3.8, 4) is 0 Å². The first-order valence-corrected chi connectivity index (χ1v) is 5.73. The summed E-state index contributed by atoms with van der Waals surface area (Å²) >= 11 is 0. The Balaban J connectivity index is 3.84. The van der Waals surface area contributed by atoms with E-state index in [0.717, 1.165) is 26.1 Å². The lowest BCUT2D eigenvalue weighted by Crippen LogP contribution is -2.39. The Bertz CT molecular complexity index is 179. The summed E-state index contributed by atoms with van der Waals surface area (Å²) in [6.07, 6.45) is 0.933. The lowest BCUT2D eigenvalue weighted by molar-refractivity contribution is -0.131. The molecule has 0 rings (SSSR count). The van der Waals surface area contributed by atoms with Gasteiger partial charge in [-0.1, -0.05) is 0 Å². The second-order valence-corrected chi connectivity index (χ2v) is 4.07. The predicted octanol–water partition coefficient (Wildman–Crippen LogP) is 0.524. The summed E-state index contributed by atoms with van der Waals surface area (Å²) in [5.41, 5.74) is 5.66. The summed E-state index contributed by atoms with van der Waals surface area (Å²) in [5, 5.41) is 0. The van der Waals surface area contributed by atoms with E-state index in [1.54, 1.807) is 0 Å². The summed E-state index contributed by atoms with van der Waals surface area (Å²) in [5.74, 6) is 0.201. The number of carbonyl (C=O) groups is 1. The number of hydrogen-bond acceptors (Lipinski definition) is 3. The Morgan fingerprint density at radius 2 is 1.87 bits per heavy atom. The van der Waals surface area contributed by atoms with Crippen molar-refractivity contribution in [1.82, 2.24) is 9.80 Å². The van der Waals surface area contributed by atoms with Crippen LogP contribution in [-0.4, -0.2) is 55.0 Å². The second-order valence-electron chi connectivity index (χ2n) is 4.07. The molecule has 15 heavy (non-hydrogen) atoms. The van der Waals surface area contributed by atoms with Gasteiger partial charge in [-0.05, 0) is 40.8 Å². The van der Waals surface area contributed by atoms with Crippen LogP contribution >= 0.6 is 0 Å². The van der Waals surface area contributed by atoms with Crippen LogP contribution in [0.1, 0.15) is 27.2 Å². The molecule has 4 heteroatoms. The Morgan fingerprint density at radius 1 is 1.33 bits per heavy atom. The molecule has 0 aromatic heterocycles. The van der Waals surface area contributed by atoms with Gasteiger partial charge in [-0.15, -0.1) is 0 Å². The lowest BCUT2D eigenvalue weighted by atomic mass is 10.2. The summed E-state index contributed by atoms with van der Waals surface area (Å²) in [6, 6.07) is 0.205. The Morgan fingerprint density at radius 3 is 2.27 bits per heavy atom. The fraction of sp³-hybridized carbons (Fsp3) is 0.909. The molecule has 0 aliphatic heterocycles. The number of nitrogens with zero attached hydrogens (tertiary/aromatic N) is 2. The molecule has 4 nitrogen and oxygen atoms in total. The summed E-state index contributed by atoms with van der Waals surface area (Å²) in [4.78, 5) is 15.6. The van der Waals surface area contributed by atoms with Crippen molar-refractivity contribution in [3.63, 3.8) is 0 Å². The second kappa shape index (κ2) is 7.65. The van der Waals surface area contributed by atoms with Crippen molar-refractivity contribution in [2.45, 2.75) is 33.2 Å². The van der Waals surface area contributed by atoms with Crippen molar-refractivity contribution < 1.29 is 4.79 Å². The molecule has 2 N–H and O–H groups in total. The fourth-order valence-corrected chi connectivity index (χ4v) is 1.41. The SMILES string of the molecule is CCN(CC)C(=O)CN(C)CCC(C)N. The van der Waals surface area contributed by atoms with Gasteiger partial charge >= 0.3 is 0 Å². The van der Waals surface area contributed by atoms with E-state index in [9.17, 15) is 4.79 Å². The van der Waals surface area contributed by atoms with Gasteiger partial charge in [-0.3, -0.25) is 9.69 Å². The van der Waals surface area contributed by atoms with Gasteiger partial charge in [-0.25, -0.2) is 0 Å². The first-order valence-electron chi connectivity index (χ1n) is 5.73. The van der Waals surface area contributed by atoms with Crippen LogP contribution < -0.4 is 5.73 Å². The molecule has 1 unspecified atom stereocenters. The number of hydrogen-bond donors (Lipinski definition) is 1. The number of rotatable bonds is 7. The molecule has 0 saturated carbocycles. The zero-order chi connectivity index (χ0) is 11.8. The smallest absolute Gasteiger partial charge is 0.236 e. The van der Waals surface area contributed by atoms with Crippen LogP contribution in [-0.2, 0) is 4.79 Å². The highest BCUT2D eigenvalue weighted by molar-refractivity contribution is 5.78. The minimum atomic E-state index is 0.201. The van der Waals surface area contributed by atoms with Gasteiger partial charge in [0.05, 0.1) is 6.54 Å². The third-order valence-electron chi connectivity index (χ3n) is 2.49. The Kier molecular flexibility index (Phi) is 7.34. The van der Waals surface area contributed by atoms with Crippen molar-refractivity contribution in [1.29, 1.82) is 0 Å². The number of nitrogens with two attached hydrogens (primary N) is 1. The Labute approximate surface area is 93.4 Å². The lowest BCUT2D eigenvalue weighted by Gasteiger charge is -2.23. The van der Waals surface area contributed by atoms with Crippen molar-refractivity contribution in [2.75, 3.05) is 33.2 Å². The van der Waals surface area contributed by atoms with Gasteiger partial charge in [0.2, 0.25) is 5.91 Å². The van der Waals surface area contributed by atoms with Crippen LogP contribution in [0.2, 0.25) is 0 Å². The summed E-state index contributed by atoms with van der Waals surface area (Å²) < 4.78 is 0. The van der Waals surface area contributed by atoms with Crippen LogP contribution in [0.5, 0.6) is 0 Å². The molecule has 0 aliphatic carbocycles. The van der Waals surface area contributed by atoms with Crippen LogP contribution in [0.15, 0.2) is 0 Å². The van der Waals surface area contributed by atoms with Gasteiger partial charge in [0.25, 0.3) is 0 Å². The van der Waals surface area contributed by atoms with Gasteiger partial charge in [-0.2, -0.15) is 0 Å². The highest BCUT2D eigenvalue weighted by atomic mass is 16.2. The molecule has 1 amide bonds. The van der Waals surface area contributed by atoms with Gasteiger partial charge in [0.1, 0.15) is 0 Å².